The third kappa shape index (κ3) is 46.9. The van der Waals surface area contributed by atoms with Crippen molar-refractivity contribution in [1.29, 1.82) is 0 Å². The number of likely N-dealkylation sites (N-methyl/N-ethyl adjacent to an activating group) is 1. The fourth-order valence-electron chi connectivity index (χ4n) is 8.80. The molecule has 0 saturated carbocycles. The van der Waals surface area contributed by atoms with Crippen molar-refractivity contribution >= 4 is 17.9 Å². The molecule has 8 heteroatoms. The summed E-state index contributed by atoms with van der Waals surface area (Å²) in [5.41, 5.74) is 0. The summed E-state index contributed by atoms with van der Waals surface area (Å²) in [6, 6.07) is -0.612. The van der Waals surface area contributed by atoms with Crippen molar-refractivity contribution < 1.29 is 38.2 Å². The van der Waals surface area contributed by atoms with Crippen LogP contribution in [0.4, 0.5) is 0 Å². The van der Waals surface area contributed by atoms with E-state index in [1.165, 1.54) is 212 Å². The third-order valence-electron chi connectivity index (χ3n) is 13.2. The fourth-order valence-corrected chi connectivity index (χ4v) is 8.80. The van der Waals surface area contributed by atoms with E-state index in [2.05, 4.69) is 26.0 Å². The standard InChI is InChI=1S/C57H109NO7/c1-6-8-10-12-14-16-18-20-22-24-26-27-28-30-32-34-36-38-40-42-44-46-48-56(60)65-53(51-63-50-49-54(57(61)62)58(3,4)5)52-64-55(59)47-45-43-41-39-37-35-33-31-29-25-23-21-19-17-15-13-11-9-7-2/h28,30,53-54H,6-27,29,31-52H2,1-5H3/p+1/b30-28+. The van der Waals surface area contributed by atoms with Crippen LogP contribution in [0.25, 0.3) is 0 Å². The van der Waals surface area contributed by atoms with Gasteiger partial charge in [0.25, 0.3) is 0 Å². The van der Waals surface area contributed by atoms with Gasteiger partial charge in [-0.15, -0.1) is 0 Å². The van der Waals surface area contributed by atoms with Gasteiger partial charge >= 0.3 is 17.9 Å². The SMILES string of the molecule is CCCCCCCCCCCCC/C=C/CCCCCCCCCC(=O)OC(COCCC(C(=O)O)[N+](C)(C)C)COC(=O)CCCCCCCCCCCCCCCCCCCCC. The van der Waals surface area contributed by atoms with Crippen molar-refractivity contribution in [3.8, 4) is 0 Å². The molecule has 2 unspecified atom stereocenters. The lowest BCUT2D eigenvalue weighted by Crippen LogP contribution is -2.50. The van der Waals surface area contributed by atoms with Crippen LogP contribution in [0.5, 0.6) is 0 Å². The van der Waals surface area contributed by atoms with Crippen LogP contribution in [-0.4, -0.2) is 80.6 Å². The van der Waals surface area contributed by atoms with Crippen LogP contribution in [0.2, 0.25) is 0 Å². The van der Waals surface area contributed by atoms with Crippen molar-refractivity contribution in [2.24, 2.45) is 0 Å². The third-order valence-corrected chi connectivity index (χ3v) is 13.2. The van der Waals surface area contributed by atoms with E-state index in [1.54, 1.807) is 0 Å². The number of carbonyl (C=O) groups is 3. The Morgan fingerprint density at radius 3 is 1.11 bits per heavy atom. The van der Waals surface area contributed by atoms with Gasteiger partial charge < -0.3 is 23.8 Å². The topological polar surface area (TPSA) is 99.1 Å². The van der Waals surface area contributed by atoms with Gasteiger partial charge in [0.2, 0.25) is 0 Å². The largest absolute Gasteiger partial charge is 0.477 e. The molecule has 0 rings (SSSR count). The molecule has 8 nitrogen and oxygen atoms in total. The summed E-state index contributed by atoms with van der Waals surface area (Å²) in [4.78, 5) is 37.2. The monoisotopic (exact) mass is 921 g/mol. The average molecular weight is 922 g/mol. The Bertz CT molecular complexity index is 1070. The van der Waals surface area contributed by atoms with Gasteiger partial charge in [-0.2, -0.15) is 0 Å². The Kier molecular flexibility index (Phi) is 47.1. The van der Waals surface area contributed by atoms with Gasteiger partial charge in [-0.3, -0.25) is 9.59 Å². The van der Waals surface area contributed by atoms with Crippen LogP contribution in [0.1, 0.15) is 284 Å². The molecular formula is C57H110NO7+. The number of nitrogens with zero attached hydrogens (tertiary/aromatic N) is 1. The predicted molar refractivity (Wildman–Crippen MR) is 276 cm³/mol. The summed E-state index contributed by atoms with van der Waals surface area (Å²) in [6.07, 6.45) is 55.6. The smallest absolute Gasteiger partial charge is 0.362 e. The molecule has 0 aromatic rings. The number of aliphatic carboxylic acids is 1. The quantitative estimate of drug-likeness (QED) is 0.0281. The van der Waals surface area contributed by atoms with Gasteiger partial charge in [0.05, 0.1) is 34.4 Å². The number of carboxylic acid groups (broad SMARTS) is 1. The number of rotatable bonds is 52. The number of unbranched alkanes of at least 4 members (excludes halogenated alkanes) is 36. The fraction of sp³-hybridized carbons (Fsp3) is 0.912. The first kappa shape index (κ1) is 63.1. The van der Waals surface area contributed by atoms with E-state index < -0.39 is 18.1 Å². The normalized spacial score (nSPS) is 12.8. The van der Waals surface area contributed by atoms with Gasteiger partial charge in [-0.25, -0.2) is 4.79 Å². The summed E-state index contributed by atoms with van der Waals surface area (Å²) in [6.45, 7) is 4.80. The van der Waals surface area contributed by atoms with Crippen molar-refractivity contribution in [3.05, 3.63) is 12.2 Å². The molecule has 0 bridgehead atoms. The summed E-state index contributed by atoms with van der Waals surface area (Å²) in [5, 5.41) is 9.67. The molecule has 0 radical (unpaired) electrons. The lowest BCUT2D eigenvalue weighted by molar-refractivity contribution is -0.887. The molecule has 0 aliphatic rings. The molecule has 0 fully saturated rings. The zero-order valence-electron chi connectivity index (χ0n) is 44.0. The number of ether oxygens (including phenoxy) is 3. The maximum atomic E-state index is 12.8. The zero-order chi connectivity index (χ0) is 47.7. The highest BCUT2D eigenvalue weighted by Gasteiger charge is 2.31. The number of allylic oxidation sites excluding steroid dienone is 2. The predicted octanol–water partition coefficient (Wildman–Crippen LogP) is 16.6. The molecule has 0 aromatic carbocycles. The maximum Gasteiger partial charge on any atom is 0.362 e. The van der Waals surface area contributed by atoms with Gasteiger partial charge in [-0.05, 0) is 38.5 Å². The number of carboxylic acids is 1. The van der Waals surface area contributed by atoms with Crippen LogP contribution < -0.4 is 0 Å². The maximum absolute atomic E-state index is 12.8. The summed E-state index contributed by atoms with van der Waals surface area (Å²) in [5.74, 6) is -1.45. The second-order valence-electron chi connectivity index (χ2n) is 20.6. The molecule has 1 N–H and O–H groups in total. The Morgan fingerprint density at radius 1 is 0.446 bits per heavy atom. The summed E-state index contributed by atoms with van der Waals surface area (Å²) >= 11 is 0. The highest BCUT2D eigenvalue weighted by Crippen LogP contribution is 2.17. The first-order valence-electron chi connectivity index (χ1n) is 28.2. The number of esters is 2. The van der Waals surface area contributed by atoms with E-state index in [4.69, 9.17) is 14.2 Å². The van der Waals surface area contributed by atoms with Crippen molar-refractivity contribution in [1.82, 2.24) is 0 Å². The minimum atomic E-state index is -0.870. The Hall–Kier alpha value is -1.93. The van der Waals surface area contributed by atoms with Crippen LogP contribution >= 0.6 is 0 Å². The molecule has 0 aromatic heterocycles. The summed E-state index contributed by atoms with van der Waals surface area (Å²) < 4.78 is 17.4. The van der Waals surface area contributed by atoms with Gasteiger partial charge in [0, 0.05) is 19.3 Å². The Balaban J connectivity index is 4.15. The van der Waals surface area contributed by atoms with E-state index in [-0.39, 0.29) is 36.2 Å². The molecule has 0 aliphatic heterocycles. The summed E-state index contributed by atoms with van der Waals surface area (Å²) in [7, 11) is 5.55. The lowest BCUT2D eigenvalue weighted by atomic mass is 10.0. The number of carbonyl (C=O) groups excluding carboxylic acids is 2. The van der Waals surface area contributed by atoms with Gasteiger partial charge in [-0.1, -0.05) is 238 Å². The molecular weight excluding hydrogens is 811 g/mol. The van der Waals surface area contributed by atoms with E-state index in [0.717, 1.165) is 38.5 Å². The molecule has 0 amide bonds. The number of hydrogen-bond donors (Lipinski definition) is 1. The van der Waals surface area contributed by atoms with E-state index >= 15 is 0 Å². The van der Waals surface area contributed by atoms with Crippen LogP contribution in [-0.2, 0) is 28.6 Å². The van der Waals surface area contributed by atoms with E-state index in [9.17, 15) is 19.5 Å². The minimum Gasteiger partial charge on any atom is -0.477 e. The second kappa shape index (κ2) is 48.5. The molecule has 384 valence electrons. The zero-order valence-corrected chi connectivity index (χ0v) is 44.0. The minimum absolute atomic E-state index is 0.0457. The van der Waals surface area contributed by atoms with Gasteiger partial charge in [0.1, 0.15) is 6.61 Å². The molecule has 0 aliphatic carbocycles. The van der Waals surface area contributed by atoms with Gasteiger partial charge in [0.15, 0.2) is 12.1 Å². The number of quaternary nitrogens is 1. The Morgan fingerprint density at radius 2 is 0.769 bits per heavy atom. The van der Waals surface area contributed by atoms with Crippen molar-refractivity contribution in [2.75, 3.05) is 41.0 Å². The van der Waals surface area contributed by atoms with E-state index in [1.807, 2.05) is 21.1 Å². The molecule has 0 heterocycles. The van der Waals surface area contributed by atoms with Crippen LogP contribution in [0.15, 0.2) is 12.2 Å². The molecule has 0 saturated heterocycles. The van der Waals surface area contributed by atoms with Crippen molar-refractivity contribution in [2.45, 2.75) is 296 Å². The van der Waals surface area contributed by atoms with Crippen LogP contribution in [0.3, 0.4) is 0 Å². The van der Waals surface area contributed by atoms with E-state index in [0.29, 0.717) is 19.3 Å². The number of hydrogen-bond acceptors (Lipinski definition) is 6. The Labute approximate surface area is 403 Å². The highest BCUT2D eigenvalue weighted by atomic mass is 16.6. The first-order chi connectivity index (χ1) is 31.6. The van der Waals surface area contributed by atoms with Crippen molar-refractivity contribution in [3.63, 3.8) is 0 Å². The molecule has 65 heavy (non-hydrogen) atoms. The van der Waals surface area contributed by atoms with Crippen LogP contribution in [0, 0.1) is 0 Å². The lowest BCUT2D eigenvalue weighted by Gasteiger charge is -2.31. The molecule has 0 spiro atoms. The molecule has 2 atom stereocenters. The average Bonchev–Trinajstić information content (AvgIpc) is 3.27. The highest BCUT2D eigenvalue weighted by molar-refractivity contribution is 5.72. The second-order valence-corrected chi connectivity index (χ2v) is 20.6. The first-order valence-corrected chi connectivity index (χ1v) is 28.2.